The van der Waals surface area contributed by atoms with Gasteiger partial charge in [-0.2, -0.15) is 0 Å². The minimum absolute atomic E-state index is 0.00745. The van der Waals surface area contributed by atoms with Crippen molar-refractivity contribution in [1.82, 2.24) is 0 Å². The van der Waals surface area contributed by atoms with Crippen LogP contribution in [0.15, 0.2) is 30.3 Å². The van der Waals surface area contributed by atoms with Crippen LogP contribution in [-0.2, 0) is 4.79 Å². The van der Waals surface area contributed by atoms with Crippen LogP contribution in [0.25, 0.3) is 0 Å². The van der Waals surface area contributed by atoms with E-state index in [1.807, 2.05) is 0 Å². The molecule has 0 heterocycles. The number of carbonyl (C=O) groups excluding carboxylic acids is 1. The molecule has 1 nitrogen and oxygen atoms in total. The van der Waals surface area contributed by atoms with Crippen LogP contribution in [-0.4, -0.2) is 20.7 Å². The molecule has 0 radical (unpaired) electrons. The predicted octanol–water partition coefficient (Wildman–Crippen LogP) is 2.83. The van der Waals surface area contributed by atoms with Gasteiger partial charge in [0.2, 0.25) is 0 Å². The number of benzene rings is 1. The summed E-state index contributed by atoms with van der Waals surface area (Å²) in [5.74, 6) is 1.21. The van der Waals surface area contributed by atoms with Gasteiger partial charge in [-0.05, 0) is 0 Å². The zero-order chi connectivity index (χ0) is 12.8. The van der Waals surface area contributed by atoms with E-state index >= 15 is 0 Å². The van der Waals surface area contributed by atoms with E-state index in [1.165, 1.54) is 10.9 Å². The van der Waals surface area contributed by atoms with Gasteiger partial charge in [0.1, 0.15) is 0 Å². The van der Waals surface area contributed by atoms with Gasteiger partial charge in [-0.25, -0.2) is 0 Å². The summed E-state index contributed by atoms with van der Waals surface area (Å²) in [6.07, 6.45) is 3.25. The van der Waals surface area contributed by atoms with Crippen molar-refractivity contribution in [2.24, 2.45) is 16.7 Å². The molecule has 2 aliphatic rings. The van der Waals surface area contributed by atoms with Gasteiger partial charge in [0.15, 0.2) is 0 Å². The Bertz CT molecular complexity index is 465. The van der Waals surface area contributed by atoms with E-state index in [-0.39, 0.29) is 10.8 Å². The first-order valence-corrected chi connectivity index (χ1v) is 8.84. The average molecular weight is 307 g/mol. The Morgan fingerprint density at radius 3 is 2.56 bits per heavy atom. The van der Waals surface area contributed by atoms with E-state index < -0.39 is 0 Å². The number of hydrogen-bond donors (Lipinski definition) is 0. The predicted molar refractivity (Wildman–Crippen MR) is 75.2 cm³/mol. The van der Waals surface area contributed by atoms with Crippen molar-refractivity contribution in [3.63, 3.8) is 0 Å². The van der Waals surface area contributed by atoms with Gasteiger partial charge in [-0.15, -0.1) is 0 Å². The van der Waals surface area contributed by atoms with Crippen molar-refractivity contribution in [3.05, 3.63) is 30.3 Å². The normalized spacial score (nSPS) is 33.0. The van der Waals surface area contributed by atoms with Crippen molar-refractivity contribution >= 4 is 25.2 Å². The first-order chi connectivity index (χ1) is 8.56. The Morgan fingerprint density at radius 1 is 1.28 bits per heavy atom. The molecule has 1 aromatic rings. The molecule has 2 saturated carbocycles. The summed E-state index contributed by atoms with van der Waals surface area (Å²) in [5.41, 5.74) is 0.244. The summed E-state index contributed by atoms with van der Waals surface area (Å²) >= 11 is 0.438. The summed E-state index contributed by atoms with van der Waals surface area (Å²) in [6.45, 7) is 4.66. The molecule has 2 atom stereocenters. The summed E-state index contributed by atoms with van der Waals surface area (Å²) < 4.78 is 1.43. The van der Waals surface area contributed by atoms with Crippen molar-refractivity contribution < 1.29 is 4.79 Å². The third-order valence-corrected chi connectivity index (χ3v) is 7.97. The maximum atomic E-state index is 12.4. The molecule has 0 spiro atoms. The number of fused-ring (bicyclic) bond motifs is 2. The van der Waals surface area contributed by atoms with E-state index in [9.17, 15) is 4.79 Å². The number of Topliss-reactive ketones (excluding diaryl/α,β-unsaturated/α-hetero) is 1. The Balaban J connectivity index is 1.81. The summed E-state index contributed by atoms with van der Waals surface area (Å²) in [4.78, 5) is 12.4. The molecule has 0 aliphatic heterocycles. The summed E-state index contributed by atoms with van der Waals surface area (Å²) in [6, 6.07) is 10.7. The molecule has 96 valence electrons. The van der Waals surface area contributed by atoms with Crippen molar-refractivity contribution in [2.75, 3.05) is 0 Å². The van der Waals surface area contributed by atoms with Crippen LogP contribution in [0, 0.1) is 16.7 Å². The van der Waals surface area contributed by atoms with Gasteiger partial charge in [0, 0.05) is 0 Å². The van der Waals surface area contributed by atoms with Crippen LogP contribution in [0.5, 0.6) is 0 Å². The van der Waals surface area contributed by atoms with Gasteiger partial charge in [-0.1, -0.05) is 0 Å². The standard InChI is InChI=1S/C16H20OSe/c1-15(2)12-8-9-16(15,14(17)10-12)11-18-13-6-4-3-5-7-13/h3-7,12H,8-11H2,1-2H3/t12-,16+/m1/s1. The van der Waals surface area contributed by atoms with E-state index in [1.54, 1.807) is 0 Å². The van der Waals surface area contributed by atoms with E-state index in [4.69, 9.17) is 0 Å². The molecule has 2 heteroatoms. The van der Waals surface area contributed by atoms with Crippen LogP contribution in [0.3, 0.4) is 0 Å². The number of hydrogen-bond acceptors (Lipinski definition) is 1. The van der Waals surface area contributed by atoms with Crippen LogP contribution in [0.2, 0.25) is 5.32 Å². The fourth-order valence-corrected chi connectivity index (χ4v) is 6.85. The molecule has 2 fully saturated rings. The molecule has 0 unspecified atom stereocenters. The Labute approximate surface area is 116 Å². The fraction of sp³-hybridized carbons (Fsp3) is 0.562. The number of carbonyl (C=O) groups is 1. The fourth-order valence-electron chi connectivity index (χ4n) is 3.83. The molecule has 1 aromatic carbocycles. The quantitative estimate of drug-likeness (QED) is 0.785. The number of ketones is 1. The molecule has 0 aromatic heterocycles. The van der Waals surface area contributed by atoms with E-state index in [0.29, 0.717) is 26.7 Å². The Hall–Kier alpha value is -0.591. The minimum atomic E-state index is 0.00745. The van der Waals surface area contributed by atoms with E-state index in [2.05, 4.69) is 44.2 Å². The third kappa shape index (κ3) is 1.62. The van der Waals surface area contributed by atoms with Crippen LogP contribution in [0.4, 0.5) is 0 Å². The SMILES string of the molecule is CC1(C)[C@@H]2CC[C@]1(C[Se]c1ccccc1)C(=O)C2. The second kappa shape index (κ2) is 4.21. The Kier molecular flexibility index (Phi) is 2.91. The zero-order valence-corrected chi connectivity index (χ0v) is 12.8. The monoisotopic (exact) mass is 308 g/mol. The topological polar surface area (TPSA) is 17.1 Å². The van der Waals surface area contributed by atoms with Gasteiger partial charge < -0.3 is 0 Å². The van der Waals surface area contributed by atoms with Crippen LogP contribution in [0.1, 0.15) is 33.1 Å². The second-order valence-corrected chi connectivity index (χ2v) is 8.47. The van der Waals surface area contributed by atoms with Gasteiger partial charge in [0.25, 0.3) is 0 Å². The van der Waals surface area contributed by atoms with Crippen molar-refractivity contribution in [2.45, 2.75) is 38.4 Å². The molecule has 18 heavy (non-hydrogen) atoms. The molecular formula is C16H20OSe. The molecule has 0 N–H and O–H groups in total. The molecule has 0 amide bonds. The molecule has 3 rings (SSSR count). The molecule has 2 bridgehead atoms. The van der Waals surface area contributed by atoms with Gasteiger partial charge in [0.05, 0.1) is 0 Å². The first-order valence-electron chi connectivity index (χ1n) is 6.77. The second-order valence-electron chi connectivity index (χ2n) is 6.27. The van der Waals surface area contributed by atoms with Crippen molar-refractivity contribution in [3.8, 4) is 0 Å². The van der Waals surface area contributed by atoms with E-state index in [0.717, 1.165) is 18.2 Å². The Morgan fingerprint density at radius 2 is 2.00 bits per heavy atom. The molecular weight excluding hydrogens is 287 g/mol. The van der Waals surface area contributed by atoms with Crippen LogP contribution >= 0.6 is 0 Å². The zero-order valence-electron chi connectivity index (χ0n) is 11.1. The first kappa shape index (κ1) is 12.4. The maximum absolute atomic E-state index is 12.4. The van der Waals surface area contributed by atoms with Gasteiger partial charge in [-0.3, -0.25) is 0 Å². The summed E-state index contributed by atoms with van der Waals surface area (Å²) in [5, 5.41) is 1.10. The van der Waals surface area contributed by atoms with Crippen molar-refractivity contribution in [1.29, 1.82) is 0 Å². The average Bonchev–Trinajstić information content (AvgIpc) is 2.72. The third-order valence-electron chi connectivity index (χ3n) is 5.37. The van der Waals surface area contributed by atoms with Gasteiger partial charge >= 0.3 is 116 Å². The summed E-state index contributed by atoms with van der Waals surface area (Å²) in [7, 11) is 0. The molecule has 2 aliphatic carbocycles. The number of rotatable bonds is 3. The van der Waals surface area contributed by atoms with Crippen LogP contribution < -0.4 is 4.46 Å². The molecule has 0 saturated heterocycles.